The highest BCUT2D eigenvalue weighted by atomic mass is 127. The molecule has 0 amide bonds. The maximum Gasteiger partial charge on any atom is 0.417 e. The molecule has 0 bridgehead atoms. The van der Waals surface area contributed by atoms with Gasteiger partial charge in [0.2, 0.25) is 0 Å². The molecule has 0 radical (unpaired) electrons. The number of hydrogen-bond acceptors (Lipinski definition) is 0. The fourth-order valence-corrected chi connectivity index (χ4v) is 2.13. The van der Waals surface area contributed by atoms with Gasteiger partial charge in [-0.3, -0.25) is 2.78 Å². The van der Waals surface area contributed by atoms with Crippen LogP contribution in [0.15, 0.2) is 42.6 Å². The van der Waals surface area contributed by atoms with Crippen LogP contribution in [0.2, 0.25) is 0 Å². The second-order valence-corrected chi connectivity index (χ2v) is 4.33. The molecule has 0 aliphatic rings. The minimum absolute atomic E-state index is 0.550. The number of alkyl halides is 3. The molecule has 0 saturated carbocycles. The van der Waals surface area contributed by atoms with Gasteiger partial charge in [-0.15, -0.1) is 0 Å². The molecule has 0 spiro atoms. The predicted octanol–water partition coefficient (Wildman–Crippen LogP) is 4.37. The average molecular weight is 337 g/mol. The third-order valence-corrected chi connectivity index (χ3v) is 2.97. The number of hydrogen-bond donors (Lipinski definition) is 0. The van der Waals surface area contributed by atoms with Crippen molar-refractivity contribution in [2.45, 2.75) is 6.18 Å². The molecule has 84 valence electrons. The van der Waals surface area contributed by atoms with Gasteiger partial charge in [-0.25, -0.2) is 0 Å². The molecule has 1 aromatic carbocycles. The van der Waals surface area contributed by atoms with Gasteiger partial charge in [0.15, 0.2) is 0 Å². The Morgan fingerprint density at radius 2 is 1.69 bits per heavy atom. The summed E-state index contributed by atoms with van der Waals surface area (Å²) >= 11 is 1.84. The van der Waals surface area contributed by atoms with Crippen LogP contribution in [0.5, 0.6) is 0 Å². The van der Waals surface area contributed by atoms with Gasteiger partial charge in [0.05, 0.1) is 34.1 Å². The fraction of sp³-hybridized carbons (Fsp3) is 0.0909. The summed E-state index contributed by atoms with van der Waals surface area (Å²) in [6, 6.07) is 10.1. The van der Waals surface area contributed by atoms with Crippen LogP contribution in [-0.4, -0.2) is 2.78 Å². The molecule has 0 fully saturated rings. The SMILES string of the molecule is FC(F)(F)c1cc(-c2ccccc2)n(I)c1. The molecule has 0 aliphatic carbocycles. The third kappa shape index (κ3) is 2.23. The second kappa shape index (κ2) is 4.12. The van der Waals surface area contributed by atoms with Gasteiger partial charge >= 0.3 is 6.18 Å². The molecule has 1 nitrogen and oxygen atoms in total. The van der Waals surface area contributed by atoms with Crippen molar-refractivity contribution in [1.82, 2.24) is 2.78 Å². The smallest absolute Gasteiger partial charge is 0.289 e. The van der Waals surface area contributed by atoms with Gasteiger partial charge in [-0.2, -0.15) is 13.2 Å². The van der Waals surface area contributed by atoms with E-state index in [0.29, 0.717) is 5.69 Å². The minimum Gasteiger partial charge on any atom is -0.289 e. The molecule has 5 heteroatoms. The number of halogens is 4. The Labute approximate surface area is 104 Å². The Kier molecular flexibility index (Phi) is 2.96. The molecule has 1 heterocycles. The van der Waals surface area contributed by atoms with Crippen LogP contribution in [0.3, 0.4) is 0 Å². The van der Waals surface area contributed by atoms with E-state index in [1.807, 2.05) is 28.9 Å². The second-order valence-electron chi connectivity index (χ2n) is 3.29. The van der Waals surface area contributed by atoms with Crippen LogP contribution in [0, 0.1) is 0 Å². The summed E-state index contributed by atoms with van der Waals surface area (Å²) in [7, 11) is 0. The summed E-state index contributed by atoms with van der Waals surface area (Å²) in [6.45, 7) is 0. The van der Waals surface area contributed by atoms with Crippen molar-refractivity contribution >= 4 is 22.9 Å². The minimum atomic E-state index is -4.29. The van der Waals surface area contributed by atoms with Gasteiger partial charge in [-0.05, 0) is 11.6 Å². The van der Waals surface area contributed by atoms with Crippen LogP contribution in [0.25, 0.3) is 11.3 Å². The average Bonchev–Trinajstić information content (AvgIpc) is 2.61. The molecule has 0 N–H and O–H groups in total. The van der Waals surface area contributed by atoms with Crippen LogP contribution in [0.4, 0.5) is 13.2 Å². The Morgan fingerprint density at radius 1 is 1.06 bits per heavy atom. The topological polar surface area (TPSA) is 4.93 Å². The van der Waals surface area contributed by atoms with E-state index in [1.165, 1.54) is 2.78 Å². The monoisotopic (exact) mass is 337 g/mol. The first kappa shape index (κ1) is 11.5. The van der Waals surface area contributed by atoms with Crippen molar-refractivity contribution < 1.29 is 13.2 Å². The zero-order chi connectivity index (χ0) is 11.8. The van der Waals surface area contributed by atoms with Crippen LogP contribution in [-0.2, 0) is 6.18 Å². The maximum atomic E-state index is 12.5. The Balaban J connectivity index is 2.48. The fourth-order valence-electron chi connectivity index (χ4n) is 1.41. The molecule has 2 aromatic rings. The molecule has 2 rings (SSSR count). The van der Waals surface area contributed by atoms with E-state index in [2.05, 4.69) is 0 Å². The summed E-state index contributed by atoms with van der Waals surface area (Å²) in [5.74, 6) is 0. The lowest BCUT2D eigenvalue weighted by atomic mass is 10.1. The van der Waals surface area contributed by atoms with E-state index in [4.69, 9.17) is 0 Å². The van der Waals surface area contributed by atoms with Crippen molar-refractivity contribution in [2.24, 2.45) is 0 Å². The normalized spacial score (nSPS) is 11.8. The van der Waals surface area contributed by atoms with E-state index in [0.717, 1.165) is 17.8 Å². The number of aromatic nitrogens is 1. The highest BCUT2D eigenvalue weighted by Gasteiger charge is 2.32. The Morgan fingerprint density at radius 3 is 2.19 bits per heavy atom. The van der Waals surface area contributed by atoms with E-state index < -0.39 is 11.7 Å². The first-order valence-corrected chi connectivity index (χ1v) is 5.46. The summed E-state index contributed by atoms with van der Waals surface area (Å²) < 4.78 is 38.9. The van der Waals surface area contributed by atoms with Crippen LogP contribution < -0.4 is 0 Å². The van der Waals surface area contributed by atoms with Crippen molar-refractivity contribution in [2.75, 3.05) is 0 Å². The van der Waals surface area contributed by atoms with E-state index in [1.54, 1.807) is 24.3 Å². The van der Waals surface area contributed by atoms with E-state index in [9.17, 15) is 13.2 Å². The zero-order valence-electron chi connectivity index (χ0n) is 8.00. The highest BCUT2D eigenvalue weighted by Crippen LogP contribution is 2.34. The summed E-state index contributed by atoms with van der Waals surface area (Å²) in [4.78, 5) is 0. The lowest BCUT2D eigenvalue weighted by Crippen LogP contribution is -2.02. The highest BCUT2D eigenvalue weighted by molar-refractivity contribution is 14.1. The largest absolute Gasteiger partial charge is 0.417 e. The van der Waals surface area contributed by atoms with Crippen LogP contribution in [0.1, 0.15) is 5.56 Å². The van der Waals surface area contributed by atoms with Crippen molar-refractivity contribution in [3.05, 3.63) is 48.2 Å². The molecular formula is C11H7F3IN. The number of benzene rings is 1. The Bertz CT molecular complexity index is 488. The molecule has 16 heavy (non-hydrogen) atoms. The van der Waals surface area contributed by atoms with Crippen LogP contribution >= 0.6 is 22.9 Å². The maximum absolute atomic E-state index is 12.5. The number of nitrogens with zero attached hydrogens (tertiary/aromatic N) is 1. The molecule has 0 aliphatic heterocycles. The number of rotatable bonds is 1. The first-order chi connectivity index (χ1) is 7.48. The quantitative estimate of drug-likeness (QED) is 0.681. The van der Waals surface area contributed by atoms with Crippen molar-refractivity contribution in [3.8, 4) is 11.3 Å². The lowest BCUT2D eigenvalue weighted by molar-refractivity contribution is -0.137. The van der Waals surface area contributed by atoms with E-state index >= 15 is 0 Å². The van der Waals surface area contributed by atoms with Gasteiger partial charge in [-0.1, -0.05) is 30.3 Å². The van der Waals surface area contributed by atoms with Crippen molar-refractivity contribution in [3.63, 3.8) is 0 Å². The van der Waals surface area contributed by atoms with E-state index in [-0.39, 0.29) is 0 Å². The van der Waals surface area contributed by atoms with Gasteiger partial charge in [0, 0.05) is 6.20 Å². The van der Waals surface area contributed by atoms with Gasteiger partial charge in [0.1, 0.15) is 0 Å². The first-order valence-electron chi connectivity index (χ1n) is 4.49. The molecule has 0 unspecified atom stereocenters. The molecule has 0 atom stereocenters. The zero-order valence-corrected chi connectivity index (χ0v) is 10.2. The van der Waals surface area contributed by atoms with Gasteiger partial charge in [0.25, 0.3) is 0 Å². The van der Waals surface area contributed by atoms with Crippen molar-refractivity contribution in [1.29, 1.82) is 0 Å². The molecule has 1 aromatic heterocycles. The molecule has 0 saturated heterocycles. The van der Waals surface area contributed by atoms with Gasteiger partial charge < -0.3 is 0 Å². The summed E-state index contributed by atoms with van der Waals surface area (Å²) in [5, 5.41) is 0. The summed E-state index contributed by atoms with van der Waals surface area (Å²) in [5.41, 5.74) is 0.696. The Hall–Kier alpha value is -0.980. The molecular weight excluding hydrogens is 330 g/mol. The lowest BCUT2D eigenvalue weighted by Gasteiger charge is -2.00. The predicted molar refractivity (Wildman–Crippen MR) is 64.3 cm³/mol. The standard InChI is InChI=1S/C11H7F3IN/c12-11(13,14)9-6-10(16(15)7-9)8-4-2-1-3-5-8/h1-7H. The summed E-state index contributed by atoms with van der Waals surface area (Å²) in [6.07, 6.45) is -3.21. The third-order valence-electron chi connectivity index (χ3n) is 2.17.